The van der Waals surface area contributed by atoms with Crippen LogP contribution in [0.5, 0.6) is 5.75 Å². The second kappa shape index (κ2) is 7.83. The molecule has 0 radical (unpaired) electrons. The second-order valence-corrected chi connectivity index (χ2v) is 7.86. The van der Waals surface area contributed by atoms with Crippen molar-refractivity contribution in [2.75, 3.05) is 29.6 Å². The maximum absolute atomic E-state index is 12.5. The number of nitrogens with one attached hydrogen (secondary N) is 1. The van der Waals surface area contributed by atoms with Crippen LogP contribution < -0.4 is 15.0 Å². The number of hydrogen-bond acceptors (Lipinski definition) is 7. The standard InChI is InChI=1S/C16H18N4O3S2/c1-3-24-16-19-18-15(25-16)17-14(22)10-8-13(21)20(9-10)11-6-4-5-7-12(11)23-2/h4-7,10H,3,8-9H2,1-2H3,(H,17,18,22)/t10-/m1/s1. The fraction of sp³-hybridized carbons (Fsp3) is 0.375. The largest absolute Gasteiger partial charge is 0.495 e. The molecule has 1 aromatic carbocycles. The van der Waals surface area contributed by atoms with Crippen molar-refractivity contribution >= 4 is 45.7 Å². The first-order chi connectivity index (χ1) is 12.1. The molecule has 0 spiro atoms. The Bertz CT molecular complexity index is 780. The summed E-state index contributed by atoms with van der Waals surface area (Å²) in [5.41, 5.74) is 0.683. The number of hydrogen-bond donors (Lipinski definition) is 1. The van der Waals surface area contributed by atoms with E-state index in [1.807, 2.05) is 25.1 Å². The lowest BCUT2D eigenvalue weighted by atomic mass is 10.1. The van der Waals surface area contributed by atoms with Crippen molar-refractivity contribution in [3.63, 3.8) is 0 Å². The molecule has 1 aliphatic heterocycles. The van der Waals surface area contributed by atoms with Gasteiger partial charge in [0.15, 0.2) is 4.34 Å². The van der Waals surface area contributed by atoms with Crippen LogP contribution in [0.3, 0.4) is 0 Å². The van der Waals surface area contributed by atoms with Crippen LogP contribution in [0.15, 0.2) is 28.6 Å². The van der Waals surface area contributed by atoms with E-state index in [1.165, 1.54) is 11.3 Å². The van der Waals surface area contributed by atoms with E-state index in [0.717, 1.165) is 10.1 Å². The van der Waals surface area contributed by atoms with Crippen molar-refractivity contribution in [3.05, 3.63) is 24.3 Å². The molecule has 7 nitrogen and oxygen atoms in total. The number of anilines is 2. The van der Waals surface area contributed by atoms with E-state index in [-0.39, 0.29) is 18.2 Å². The van der Waals surface area contributed by atoms with Crippen molar-refractivity contribution in [1.82, 2.24) is 10.2 Å². The Morgan fingerprint density at radius 1 is 1.44 bits per heavy atom. The fourth-order valence-electron chi connectivity index (χ4n) is 2.62. The SMILES string of the molecule is CCSc1nnc(NC(=O)[C@@H]2CC(=O)N(c3ccccc3OC)C2)s1. The summed E-state index contributed by atoms with van der Waals surface area (Å²) in [5.74, 6) is 0.776. The lowest BCUT2D eigenvalue weighted by Crippen LogP contribution is -2.28. The highest BCUT2D eigenvalue weighted by Crippen LogP contribution is 2.33. The number of para-hydroxylation sites is 2. The molecule has 2 amide bonds. The van der Waals surface area contributed by atoms with E-state index in [4.69, 9.17) is 4.74 Å². The molecule has 1 aliphatic rings. The molecule has 1 N–H and O–H groups in total. The van der Waals surface area contributed by atoms with Gasteiger partial charge in [-0.2, -0.15) is 0 Å². The zero-order chi connectivity index (χ0) is 17.8. The average molecular weight is 378 g/mol. The normalized spacial score (nSPS) is 17.0. The number of benzene rings is 1. The number of methoxy groups -OCH3 is 1. The van der Waals surface area contributed by atoms with Gasteiger partial charge in [0, 0.05) is 13.0 Å². The summed E-state index contributed by atoms with van der Waals surface area (Å²) in [6.45, 7) is 2.35. The van der Waals surface area contributed by atoms with Crippen LogP contribution in [-0.2, 0) is 9.59 Å². The molecular formula is C16H18N4O3S2. The third-order valence-corrected chi connectivity index (χ3v) is 5.63. The number of rotatable bonds is 6. The first-order valence-corrected chi connectivity index (χ1v) is 9.63. The van der Waals surface area contributed by atoms with E-state index < -0.39 is 5.92 Å². The Hall–Kier alpha value is -2.13. The van der Waals surface area contributed by atoms with Crippen LogP contribution >= 0.6 is 23.1 Å². The molecule has 1 atom stereocenters. The first-order valence-electron chi connectivity index (χ1n) is 7.83. The van der Waals surface area contributed by atoms with Gasteiger partial charge in [-0.15, -0.1) is 10.2 Å². The summed E-state index contributed by atoms with van der Waals surface area (Å²) < 4.78 is 6.13. The molecule has 132 valence electrons. The highest BCUT2D eigenvalue weighted by Gasteiger charge is 2.36. The van der Waals surface area contributed by atoms with Crippen LogP contribution in [0.25, 0.3) is 0 Å². The summed E-state index contributed by atoms with van der Waals surface area (Å²) in [5, 5.41) is 11.2. The Labute approximate surface area is 153 Å². The van der Waals surface area contributed by atoms with E-state index >= 15 is 0 Å². The molecule has 0 saturated carbocycles. The van der Waals surface area contributed by atoms with E-state index in [9.17, 15) is 9.59 Å². The lowest BCUT2D eigenvalue weighted by molar-refractivity contribution is -0.122. The summed E-state index contributed by atoms with van der Waals surface area (Å²) in [4.78, 5) is 26.4. The van der Waals surface area contributed by atoms with Crippen molar-refractivity contribution < 1.29 is 14.3 Å². The summed E-state index contributed by atoms with van der Waals surface area (Å²) in [6.07, 6.45) is 0.166. The number of carbonyl (C=O) groups is 2. The number of carbonyl (C=O) groups excluding carboxylic acids is 2. The van der Waals surface area contributed by atoms with Gasteiger partial charge in [-0.3, -0.25) is 9.59 Å². The van der Waals surface area contributed by atoms with Crippen LogP contribution in [0.2, 0.25) is 0 Å². The third kappa shape index (κ3) is 3.93. The molecule has 1 aromatic heterocycles. The zero-order valence-corrected chi connectivity index (χ0v) is 15.5. The number of nitrogens with zero attached hydrogens (tertiary/aromatic N) is 3. The van der Waals surface area contributed by atoms with Gasteiger partial charge in [-0.1, -0.05) is 42.2 Å². The molecule has 1 saturated heterocycles. The maximum Gasteiger partial charge on any atom is 0.231 e. The Morgan fingerprint density at radius 3 is 3.00 bits per heavy atom. The van der Waals surface area contributed by atoms with E-state index in [0.29, 0.717) is 23.1 Å². The maximum atomic E-state index is 12.5. The molecule has 0 unspecified atom stereocenters. The lowest BCUT2D eigenvalue weighted by Gasteiger charge is -2.19. The van der Waals surface area contributed by atoms with Crippen molar-refractivity contribution in [1.29, 1.82) is 0 Å². The van der Waals surface area contributed by atoms with Gasteiger partial charge in [0.2, 0.25) is 16.9 Å². The van der Waals surface area contributed by atoms with Gasteiger partial charge in [0.05, 0.1) is 18.7 Å². The Morgan fingerprint density at radius 2 is 2.24 bits per heavy atom. The van der Waals surface area contributed by atoms with Gasteiger partial charge in [0.25, 0.3) is 0 Å². The molecule has 3 rings (SSSR count). The van der Waals surface area contributed by atoms with E-state index in [1.54, 1.807) is 29.8 Å². The number of thioether (sulfide) groups is 1. The first kappa shape index (κ1) is 17.7. The third-order valence-electron chi connectivity index (χ3n) is 3.78. The smallest absolute Gasteiger partial charge is 0.231 e. The zero-order valence-electron chi connectivity index (χ0n) is 13.9. The summed E-state index contributed by atoms with van der Waals surface area (Å²) >= 11 is 2.91. The van der Waals surface area contributed by atoms with Crippen molar-refractivity contribution in [2.45, 2.75) is 17.7 Å². The quantitative estimate of drug-likeness (QED) is 0.614. The minimum Gasteiger partial charge on any atom is -0.495 e. The topological polar surface area (TPSA) is 84.4 Å². The molecule has 25 heavy (non-hydrogen) atoms. The van der Waals surface area contributed by atoms with Gasteiger partial charge >= 0.3 is 0 Å². The molecule has 9 heteroatoms. The predicted octanol–water partition coefficient (Wildman–Crippen LogP) is 2.65. The van der Waals surface area contributed by atoms with Crippen molar-refractivity contribution in [3.8, 4) is 5.75 Å². The average Bonchev–Trinajstić information content (AvgIpc) is 3.21. The summed E-state index contributed by atoms with van der Waals surface area (Å²) in [7, 11) is 1.56. The monoisotopic (exact) mass is 378 g/mol. The molecular weight excluding hydrogens is 360 g/mol. The van der Waals surface area contributed by atoms with Gasteiger partial charge in [-0.25, -0.2) is 0 Å². The molecule has 2 heterocycles. The van der Waals surface area contributed by atoms with Crippen LogP contribution in [0.1, 0.15) is 13.3 Å². The van der Waals surface area contributed by atoms with Gasteiger partial charge in [0.1, 0.15) is 5.75 Å². The second-order valence-electron chi connectivity index (χ2n) is 5.37. The Balaban J connectivity index is 1.68. The minimum absolute atomic E-state index is 0.0934. The van der Waals surface area contributed by atoms with Gasteiger partial charge < -0.3 is 15.0 Å². The number of aromatic nitrogens is 2. The molecule has 0 aliphatic carbocycles. The highest BCUT2D eigenvalue weighted by molar-refractivity contribution is 8.01. The van der Waals surface area contributed by atoms with Crippen LogP contribution in [0.4, 0.5) is 10.8 Å². The van der Waals surface area contributed by atoms with Gasteiger partial charge in [-0.05, 0) is 17.9 Å². The number of ether oxygens (including phenoxy) is 1. The van der Waals surface area contributed by atoms with Crippen LogP contribution in [-0.4, -0.2) is 41.4 Å². The molecule has 0 bridgehead atoms. The minimum atomic E-state index is -0.427. The fourth-order valence-corrected chi connectivity index (χ4v) is 4.27. The summed E-state index contributed by atoms with van der Waals surface area (Å²) in [6, 6.07) is 7.29. The number of amides is 2. The highest BCUT2D eigenvalue weighted by atomic mass is 32.2. The van der Waals surface area contributed by atoms with Crippen LogP contribution in [0, 0.1) is 5.92 Å². The van der Waals surface area contributed by atoms with E-state index in [2.05, 4.69) is 15.5 Å². The Kier molecular flexibility index (Phi) is 5.54. The molecule has 2 aromatic rings. The van der Waals surface area contributed by atoms with Crippen molar-refractivity contribution in [2.24, 2.45) is 5.92 Å². The predicted molar refractivity (Wildman–Crippen MR) is 98.4 cm³/mol. The molecule has 1 fully saturated rings.